The van der Waals surface area contributed by atoms with Crippen LogP contribution < -0.4 is 9.47 Å². The molecule has 1 aromatic heterocycles. The van der Waals surface area contributed by atoms with Crippen molar-refractivity contribution >= 4 is 21.6 Å². The fourth-order valence-electron chi connectivity index (χ4n) is 1.54. The number of nitro benzene ring substituents is 1. The van der Waals surface area contributed by atoms with Crippen molar-refractivity contribution in [3.63, 3.8) is 0 Å². The normalized spacial score (nSPS) is 10.2. The van der Waals surface area contributed by atoms with Crippen molar-refractivity contribution in [2.45, 2.75) is 6.92 Å². The maximum atomic E-state index is 11.0. The Morgan fingerprint density at radius 3 is 2.65 bits per heavy atom. The van der Waals surface area contributed by atoms with Crippen LogP contribution in [0, 0.1) is 17.0 Å². The molecule has 0 unspecified atom stereocenters. The third-order valence-corrected chi connectivity index (χ3v) is 3.41. The topological polar surface area (TPSA) is 74.5 Å². The number of hydrogen-bond donors (Lipinski definition) is 0. The SMILES string of the molecule is COc1ccc([N+](=O)[O-])c(Oc2ccc(Br)c(C)n2)c1. The number of ether oxygens (including phenoxy) is 2. The van der Waals surface area contributed by atoms with Crippen LogP contribution >= 0.6 is 15.9 Å². The van der Waals surface area contributed by atoms with Crippen LogP contribution in [-0.2, 0) is 0 Å². The van der Waals surface area contributed by atoms with Gasteiger partial charge in [0.1, 0.15) is 5.75 Å². The van der Waals surface area contributed by atoms with E-state index in [9.17, 15) is 10.1 Å². The molecule has 20 heavy (non-hydrogen) atoms. The number of hydrogen-bond acceptors (Lipinski definition) is 5. The van der Waals surface area contributed by atoms with Crippen LogP contribution in [0.3, 0.4) is 0 Å². The summed E-state index contributed by atoms with van der Waals surface area (Å²) in [6.07, 6.45) is 0. The van der Waals surface area contributed by atoms with Gasteiger partial charge in [-0.15, -0.1) is 0 Å². The monoisotopic (exact) mass is 338 g/mol. The molecular weight excluding hydrogens is 328 g/mol. The standard InChI is InChI=1S/C13H11BrN2O4/c1-8-10(14)4-6-13(15-8)20-12-7-9(19-2)3-5-11(12)16(17)18/h3-7H,1-2H3. The lowest BCUT2D eigenvalue weighted by Gasteiger charge is -2.08. The second-order valence-electron chi connectivity index (χ2n) is 3.91. The minimum atomic E-state index is -0.513. The summed E-state index contributed by atoms with van der Waals surface area (Å²) in [6, 6.07) is 7.69. The molecule has 0 fully saturated rings. The molecule has 0 N–H and O–H groups in total. The van der Waals surface area contributed by atoms with Crippen molar-refractivity contribution in [1.29, 1.82) is 0 Å². The number of pyridine rings is 1. The van der Waals surface area contributed by atoms with Crippen LogP contribution in [0.2, 0.25) is 0 Å². The van der Waals surface area contributed by atoms with E-state index in [1.54, 1.807) is 19.1 Å². The van der Waals surface area contributed by atoms with Gasteiger partial charge in [0.2, 0.25) is 11.6 Å². The lowest BCUT2D eigenvalue weighted by atomic mass is 10.3. The van der Waals surface area contributed by atoms with Crippen LogP contribution in [0.25, 0.3) is 0 Å². The molecule has 6 nitrogen and oxygen atoms in total. The molecule has 0 amide bonds. The maximum absolute atomic E-state index is 11.0. The van der Waals surface area contributed by atoms with E-state index in [1.807, 2.05) is 0 Å². The average Bonchev–Trinajstić information content (AvgIpc) is 2.42. The van der Waals surface area contributed by atoms with E-state index in [1.165, 1.54) is 25.3 Å². The Morgan fingerprint density at radius 1 is 1.30 bits per heavy atom. The molecule has 0 aliphatic carbocycles. The number of rotatable bonds is 4. The van der Waals surface area contributed by atoms with Crippen LogP contribution in [-0.4, -0.2) is 17.0 Å². The van der Waals surface area contributed by atoms with Gasteiger partial charge in [-0.1, -0.05) is 0 Å². The third-order valence-electron chi connectivity index (χ3n) is 2.57. The first-order chi connectivity index (χ1) is 9.51. The first kappa shape index (κ1) is 14.3. The highest BCUT2D eigenvalue weighted by atomic mass is 79.9. The highest BCUT2D eigenvalue weighted by Crippen LogP contribution is 2.34. The second-order valence-corrected chi connectivity index (χ2v) is 4.76. The Balaban J connectivity index is 2.40. The zero-order chi connectivity index (χ0) is 14.7. The van der Waals surface area contributed by atoms with Gasteiger partial charge < -0.3 is 9.47 Å². The van der Waals surface area contributed by atoms with Crippen molar-refractivity contribution in [1.82, 2.24) is 4.98 Å². The van der Waals surface area contributed by atoms with Gasteiger partial charge in [0.25, 0.3) is 0 Å². The molecule has 0 aliphatic rings. The Labute approximate surface area is 123 Å². The summed E-state index contributed by atoms with van der Waals surface area (Å²) >= 11 is 3.33. The van der Waals surface area contributed by atoms with Gasteiger partial charge in [0.15, 0.2) is 0 Å². The Kier molecular flexibility index (Phi) is 4.19. The highest BCUT2D eigenvalue weighted by Gasteiger charge is 2.17. The zero-order valence-corrected chi connectivity index (χ0v) is 12.4. The number of halogens is 1. The van der Waals surface area contributed by atoms with E-state index >= 15 is 0 Å². The van der Waals surface area contributed by atoms with Crippen LogP contribution in [0.4, 0.5) is 5.69 Å². The predicted molar refractivity (Wildman–Crippen MR) is 76.4 cm³/mol. The summed E-state index contributed by atoms with van der Waals surface area (Å²) in [7, 11) is 1.48. The maximum Gasteiger partial charge on any atom is 0.311 e. The fraction of sp³-hybridized carbons (Fsp3) is 0.154. The molecule has 104 valence electrons. The van der Waals surface area contributed by atoms with Gasteiger partial charge in [-0.05, 0) is 35.0 Å². The molecule has 1 heterocycles. The van der Waals surface area contributed by atoms with Crippen LogP contribution in [0.1, 0.15) is 5.69 Å². The summed E-state index contributed by atoms with van der Waals surface area (Å²) in [5, 5.41) is 11.0. The third kappa shape index (κ3) is 3.05. The first-order valence-electron chi connectivity index (χ1n) is 5.64. The number of aryl methyl sites for hydroxylation is 1. The molecular formula is C13H11BrN2O4. The molecule has 0 saturated carbocycles. The zero-order valence-electron chi connectivity index (χ0n) is 10.8. The second kappa shape index (κ2) is 5.87. The molecule has 2 aromatic rings. The number of methoxy groups -OCH3 is 1. The smallest absolute Gasteiger partial charge is 0.311 e. The van der Waals surface area contributed by atoms with E-state index in [0.717, 1.165) is 10.2 Å². The molecule has 1 aromatic carbocycles. The Bertz CT molecular complexity index is 661. The molecule has 2 rings (SSSR count). The molecule has 0 aliphatic heterocycles. The minimum Gasteiger partial charge on any atom is -0.497 e. The van der Waals surface area contributed by atoms with E-state index in [-0.39, 0.29) is 17.3 Å². The van der Waals surface area contributed by atoms with Gasteiger partial charge in [-0.2, -0.15) is 0 Å². The molecule has 0 bridgehead atoms. The Morgan fingerprint density at radius 2 is 2.05 bits per heavy atom. The summed E-state index contributed by atoms with van der Waals surface area (Å²) in [4.78, 5) is 14.7. The van der Waals surface area contributed by atoms with E-state index < -0.39 is 4.92 Å². The Hall–Kier alpha value is -2.15. The minimum absolute atomic E-state index is 0.0866. The lowest BCUT2D eigenvalue weighted by Crippen LogP contribution is -1.96. The van der Waals surface area contributed by atoms with Crippen LogP contribution in [0.5, 0.6) is 17.4 Å². The van der Waals surface area contributed by atoms with Crippen molar-refractivity contribution in [2.24, 2.45) is 0 Å². The van der Waals surface area contributed by atoms with E-state index in [0.29, 0.717) is 5.75 Å². The van der Waals surface area contributed by atoms with Crippen molar-refractivity contribution in [2.75, 3.05) is 7.11 Å². The molecule has 0 atom stereocenters. The van der Waals surface area contributed by atoms with Crippen molar-refractivity contribution in [3.8, 4) is 17.4 Å². The van der Waals surface area contributed by atoms with E-state index in [4.69, 9.17) is 9.47 Å². The van der Waals surface area contributed by atoms with Crippen LogP contribution in [0.15, 0.2) is 34.8 Å². The van der Waals surface area contributed by atoms with Crippen molar-refractivity contribution in [3.05, 3.63) is 50.6 Å². The summed E-state index contributed by atoms with van der Waals surface area (Å²) in [5.74, 6) is 0.838. The van der Waals surface area contributed by atoms with Gasteiger partial charge in [0, 0.05) is 22.7 Å². The number of benzene rings is 1. The lowest BCUT2D eigenvalue weighted by molar-refractivity contribution is -0.385. The number of nitrogens with zero attached hydrogens (tertiary/aromatic N) is 2. The van der Waals surface area contributed by atoms with Gasteiger partial charge in [-0.25, -0.2) is 4.98 Å². The molecule has 0 radical (unpaired) electrons. The van der Waals surface area contributed by atoms with Gasteiger partial charge >= 0.3 is 5.69 Å². The largest absolute Gasteiger partial charge is 0.497 e. The number of aromatic nitrogens is 1. The highest BCUT2D eigenvalue weighted by molar-refractivity contribution is 9.10. The predicted octanol–water partition coefficient (Wildman–Crippen LogP) is 3.86. The van der Waals surface area contributed by atoms with Gasteiger partial charge in [0.05, 0.1) is 17.7 Å². The summed E-state index contributed by atoms with van der Waals surface area (Å²) < 4.78 is 11.4. The summed E-state index contributed by atoms with van der Waals surface area (Å²) in [6.45, 7) is 1.80. The molecule has 0 spiro atoms. The number of nitro groups is 1. The van der Waals surface area contributed by atoms with Crippen molar-refractivity contribution < 1.29 is 14.4 Å². The quantitative estimate of drug-likeness (QED) is 0.625. The molecule has 7 heteroatoms. The first-order valence-corrected chi connectivity index (χ1v) is 6.44. The summed E-state index contributed by atoms with van der Waals surface area (Å²) in [5.41, 5.74) is 0.584. The van der Waals surface area contributed by atoms with E-state index in [2.05, 4.69) is 20.9 Å². The average molecular weight is 339 g/mol. The molecule has 0 saturated heterocycles. The van der Waals surface area contributed by atoms with Gasteiger partial charge in [-0.3, -0.25) is 10.1 Å². The fourth-order valence-corrected chi connectivity index (χ4v) is 1.77.